The number of rotatable bonds is 4. The lowest BCUT2D eigenvalue weighted by Crippen LogP contribution is -2.43. The fourth-order valence-corrected chi connectivity index (χ4v) is 2.88. The highest BCUT2D eigenvalue weighted by atomic mass is 79.9. The maximum absolute atomic E-state index is 12.2. The molecule has 0 bridgehead atoms. The summed E-state index contributed by atoms with van der Waals surface area (Å²) in [6.07, 6.45) is 2.25. The number of carbonyl (C=O) groups excluding carboxylic acids is 1. The Morgan fingerprint density at radius 2 is 2.06 bits per heavy atom. The maximum atomic E-state index is 12.2. The van der Waals surface area contributed by atoms with Crippen molar-refractivity contribution in [3.8, 4) is 0 Å². The van der Waals surface area contributed by atoms with Gasteiger partial charge < -0.3 is 5.32 Å². The van der Waals surface area contributed by atoms with Gasteiger partial charge in [-0.25, -0.2) is 0 Å². The second-order valence-electron chi connectivity index (χ2n) is 4.80. The van der Waals surface area contributed by atoms with Gasteiger partial charge in [0.25, 0.3) is 0 Å². The number of likely N-dealkylation sites (N-methyl/N-ethyl adjacent to an activating group) is 1. The summed E-state index contributed by atoms with van der Waals surface area (Å²) in [7, 11) is 2.05. The number of nitrogens with one attached hydrogen (secondary N) is 1. The standard InChI is InChI=1S/C14H19BrN2O/c1-17(11-6-8-16-9-7-11)10-14(18)12-4-2-3-5-13(12)15/h2-5,11,16H,6-10H2,1H3. The Hall–Kier alpha value is -0.710. The number of hydrogen-bond donors (Lipinski definition) is 1. The van der Waals surface area contributed by atoms with E-state index in [4.69, 9.17) is 0 Å². The molecule has 1 aliphatic rings. The van der Waals surface area contributed by atoms with E-state index in [0.29, 0.717) is 12.6 Å². The molecule has 1 aromatic rings. The molecule has 0 atom stereocenters. The topological polar surface area (TPSA) is 32.3 Å². The predicted molar refractivity (Wildman–Crippen MR) is 77.0 cm³/mol. The van der Waals surface area contributed by atoms with Crippen molar-refractivity contribution >= 4 is 21.7 Å². The smallest absolute Gasteiger partial charge is 0.177 e. The van der Waals surface area contributed by atoms with Gasteiger partial charge in [-0.2, -0.15) is 0 Å². The van der Waals surface area contributed by atoms with Crippen LogP contribution in [-0.2, 0) is 0 Å². The molecule has 0 spiro atoms. The summed E-state index contributed by atoms with van der Waals surface area (Å²) in [4.78, 5) is 14.4. The van der Waals surface area contributed by atoms with Gasteiger partial charge in [0.05, 0.1) is 6.54 Å². The third-order valence-electron chi connectivity index (χ3n) is 3.50. The highest BCUT2D eigenvalue weighted by molar-refractivity contribution is 9.10. The lowest BCUT2D eigenvalue weighted by atomic mass is 10.0. The Morgan fingerprint density at radius 1 is 1.39 bits per heavy atom. The van der Waals surface area contributed by atoms with Crippen molar-refractivity contribution in [2.75, 3.05) is 26.7 Å². The molecule has 98 valence electrons. The van der Waals surface area contributed by atoms with Crippen molar-refractivity contribution < 1.29 is 4.79 Å². The summed E-state index contributed by atoms with van der Waals surface area (Å²) in [6, 6.07) is 8.15. The largest absolute Gasteiger partial charge is 0.317 e. The highest BCUT2D eigenvalue weighted by Crippen LogP contribution is 2.18. The van der Waals surface area contributed by atoms with Crippen LogP contribution in [0.1, 0.15) is 23.2 Å². The number of piperidine rings is 1. The minimum atomic E-state index is 0.184. The molecule has 1 saturated heterocycles. The van der Waals surface area contributed by atoms with Gasteiger partial charge in [0, 0.05) is 16.1 Å². The van der Waals surface area contributed by atoms with Gasteiger partial charge in [-0.15, -0.1) is 0 Å². The summed E-state index contributed by atoms with van der Waals surface area (Å²) in [5.41, 5.74) is 0.776. The Balaban J connectivity index is 1.96. The molecule has 1 heterocycles. The van der Waals surface area contributed by atoms with Crippen molar-refractivity contribution in [2.24, 2.45) is 0 Å². The van der Waals surface area contributed by atoms with E-state index in [-0.39, 0.29) is 5.78 Å². The normalized spacial score (nSPS) is 17.1. The molecular formula is C14H19BrN2O. The lowest BCUT2D eigenvalue weighted by Gasteiger charge is -2.31. The van der Waals surface area contributed by atoms with Crippen LogP contribution in [0.15, 0.2) is 28.7 Å². The molecular weight excluding hydrogens is 292 g/mol. The average Bonchev–Trinajstić information content (AvgIpc) is 2.40. The Kier molecular flexibility index (Phi) is 4.92. The van der Waals surface area contributed by atoms with Crippen molar-refractivity contribution in [1.82, 2.24) is 10.2 Å². The van der Waals surface area contributed by atoms with Crippen LogP contribution >= 0.6 is 15.9 Å². The second kappa shape index (κ2) is 6.45. The second-order valence-corrected chi connectivity index (χ2v) is 5.65. The lowest BCUT2D eigenvalue weighted by molar-refractivity contribution is 0.0903. The van der Waals surface area contributed by atoms with Crippen LogP contribution in [0.2, 0.25) is 0 Å². The van der Waals surface area contributed by atoms with Crippen molar-refractivity contribution in [3.63, 3.8) is 0 Å². The molecule has 18 heavy (non-hydrogen) atoms. The molecule has 0 aliphatic carbocycles. The van der Waals surface area contributed by atoms with Crippen molar-refractivity contribution in [3.05, 3.63) is 34.3 Å². The number of halogens is 1. The average molecular weight is 311 g/mol. The number of hydrogen-bond acceptors (Lipinski definition) is 3. The van der Waals surface area contributed by atoms with Crippen molar-refractivity contribution in [1.29, 1.82) is 0 Å². The number of benzene rings is 1. The van der Waals surface area contributed by atoms with Crippen LogP contribution < -0.4 is 5.32 Å². The van der Waals surface area contributed by atoms with E-state index in [9.17, 15) is 4.79 Å². The van der Waals surface area contributed by atoms with Gasteiger partial charge in [-0.1, -0.05) is 34.1 Å². The Morgan fingerprint density at radius 3 is 2.72 bits per heavy atom. The molecule has 1 aliphatic heterocycles. The van der Waals surface area contributed by atoms with Crippen LogP contribution in [0.5, 0.6) is 0 Å². The highest BCUT2D eigenvalue weighted by Gasteiger charge is 2.20. The minimum absolute atomic E-state index is 0.184. The van der Waals surface area contributed by atoms with E-state index in [1.165, 1.54) is 0 Å². The van der Waals surface area contributed by atoms with E-state index in [1.54, 1.807) is 0 Å². The van der Waals surface area contributed by atoms with E-state index in [0.717, 1.165) is 36.0 Å². The third kappa shape index (κ3) is 3.40. The first-order valence-corrected chi connectivity index (χ1v) is 7.16. The van der Waals surface area contributed by atoms with Crippen LogP contribution in [0.25, 0.3) is 0 Å². The van der Waals surface area contributed by atoms with Gasteiger partial charge in [-0.3, -0.25) is 9.69 Å². The summed E-state index contributed by atoms with van der Waals surface area (Å²) >= 11 is 3.43. The molecule has 1 aromatic carbocycles. The van der Waals surface area contributed by atoms with Gasteiger partial charge >= 0.3 is 0 Å². The molecule has 0 amide bonds. The van der Waals surface area contributed by atoms with Crippen LogP contribution in [-0.4, -0.2) is 43.4 Å². The quantitative estimate of drug-likeness (QED) is 0.866. The number of Topliss-reactive ketones (excluding diaryl/α,β-unsaturated/α-hetero) is 1. The number of nitrogens with zero attached hydrogens (tertiary/aromatic N) is 1. The summed E-state index contributed by atoms with van der Waals surface area (Å²) in [6.45, 7) is 2.60. The summed E-state index contributed by atoms with van der Waals surface area (Å²) in [5, 5.41) is 3.34. The molecule has 2 rings (SSSR count). The molecule has 1 fully saturated rings. The monoisotopic (exact) mass is 310 g/mol. The molecule has 0 aromatic heterocycles. The predicted octanol–water partition coefficient (Wildman–Crippen LogP) is 2.32. The fraction of sp³-hybridized carbons (Fsp3) is 0.500. The zero-order chi connectivity index (χ0) is 13.0. The molecule has 0 saturated carbocycles. The van der Waals surface area contributed by atoms with E-state index >= 15 is 0 Å². The zero-order valence-electron chi connectivity index (χ0n) is 10.7. The number of ketones is 1. The Bertz CT molecular complexity index is 416. The van der Waals surface area contributed by atoms with Crippen LogP contribution in [0.3, 0.4) is 0 Å². The third-order valence-corrected chi connectivity index (χ3v) is 4.19. The molecule has 4 heteroatoms. The number of carbonyl (C=O) groups is 1. The first-order chi connectivity index (χ1) is 8.68. The van der Waals surface area contributed by atoms with E-state index in [1.807, 2.05) is 31.3 Å². The van der Waals surface area contributed by atoms with Crippen molar-refractivity contribution in [2.45, 2.75) is 18.9 Å². The molecule has 0 unspecified atom stereocenters. The molecule has 1 N–H and O–H groups in total. The van der Waals surface area contributed by atoms with Gasteiger partial charge in [0.2, 0.25) is 0 Å². The van der Waals surface area contributed by atoms with Gasteiger partial charge in [-0.05, 0) is 39.0 Å². The van der Waals surface area contributed by atoms with E-state index in [2.05, 4.69) is 26.1 Å². The maximum Gasteiger partial charge on any atom is 0.177 e. The fourth-order valence-electron chi connectivity index (χ4n) is 2.38. The SMILES string of the molecule is CN(CC(=O)c1ccccc1Br)C1CCNCC1. The Labute approximate surface area is 117 Å². The first-order valence-electron chi connectivity index (χ1n) is 6.37. The zero-order valence-corrected chi connectivity index (χ0v) is 12.2. The minimum Gasteiger partial charge on any atom is -0.317 e. The van der Waals surface area contributed by atoms with Crippen LogP contribution in [0.4, 0.5) is 0 Å². The molecule has 0 radical (unpaired) electrons. The van der Waals surface area contributed by atoms with Crippen LogP contribution in [0, 0.1) is 0 Å². The van der Waals surface area contributed by atoms with Gasteiger partial charge in [0.1, 0.15) is 0 Å². The summed E-state index contributed by atoms with van der Waals surface area (Å²) in [5.74, 6) is 0.184. The summed E-state index contributed by atoms with van der Waals surface area (Å²) < 4.78 is 0.883. The molecule has 3 nitrogen and oxygen atoms in total. The first kappa shape index (κ1) is 13.7. The van der Waals surface area contributed by atoms with E-state index < -0.39 is 0 Å². The van der Waals surface area contributed by atoms with Gasteiger partial charge in [0.15, 0.2) is 5.78 Å².